The van der Waals surface area contributed by atoms with Crippen molar-refractivity contribution in [2.45, 2.75) is 52.1 Å². The molecule has 1 atom stereocenters. The average molecular weight is 157 g/mol. The molecule has 0 rings (SSSR count). The SMILES string of the molecule is CCCCCC(O)CC.[H-].[H-].[Mg+2]. The van der Waals surface area contributed by atoms with Crippen LogP contribution in [0, 0.1) is 0 Å². The number of aliphatic hydroxyl groups excluding tert-OH is 1. The Labute approximate surface area is 83.3 Å². The van der Waals surface area contributed by atoms with E-state index >= 15 is 0 Å². The van der Waals surface area contributed by atoms with E-state index in [1.165, 1.54) is 19.3 Å². The van der Waals surface area contributed by atoms with Crippen LogP contribution >= 0.6 is 0 Å². The van der Waals surface area contributed by atoms with Gasteiger partial charge < -0.3 is 7.96 Å². The summed E-state index contributed by atoms with van der Waals surface area (Å²) in [7, 11) is 0. The second-order valence-electron chi connectivity index (χ2n) is 2.56. The molecule has 0 radical (unpaired) electrons. The van der Waals surface area contributed by atoms with E-state index in [2.05, 4.69) is 6.92 Å². The fourth-order valence-electron chi connectivity index (χ4n) is 0.834. The predicted octanol–water partition coefficient (Wildman–Crippen LogP) is 2.18. The van der Waals surface area contributed by atoms with Crippen molar-refractivity contribution >= 4 is 23.1 Å². The first kappa shape index (κ1) is 13.3. The molecule has 0 amide bonds. The maximum Gasteiger partial charge on any atom is 2.00 e. The molecule has 0 aliphatic rings. The molecule has 10 heavy (non-hydrogen) atoms. The minimum absolute atomic E-state index is 0. The summed E-state index contributed by atoms with van der Waals surface area (Å²) in [5.41, 5.74) is 0. The fourth-order valence-corrected chi connectivity index (χ4v) is 0.834. The van der Waals surface area contributed by atoms with Crippen molar-refractivity contribution in [3.63, 3.8) is 0 Å². The summed E-state index contributed by atoms with van der Waals surface area (Å²) in [6, 6.07) is 0. The van der Waals surface area contributed by atoms with Gasteiger partial charge in [-0.1, -0.05) is 33.1 Å². The third-order valence-electron chi connectivity index (χ3n) is 1.61. The number of unbranched alkanes of at least 4 members (excludes halogenated alkanes) is 2. The second-order valence-corrected chi connectivity index (χ2v) is 2.56. The molecule has 0 spiro atoms. The van der Waals surface area contributed by atoms with Gasteiger partial charge in [-0.2, -0.15) is 0 Å². The second kappa shape index (κ2) is 9.73. The first-order chi connectivity index (χ1) is 4.31. The van der Waals surface area contributed by atoms with Gasteiger partial charge in [0.05, 0.1) is 6.10 Å². The van der Waals surface area contributed by atoms with E-state index in [0.29, 0.717) is 0 Å². The topological polar surface area (TPSA) is 20.2 Å². The molecule has 0 heterocycles. The Morgan fingerprint density at radius 1 is 1.30 bits per heavy atom. The standard InChI is InChI=1S/C8H18O.Mg.2H/c1-3-5-6-7-8(9)4-2;;;/h8-9H,3-7H2,1-2H3;;;/q;+2;2*-1. The summed E-state index contributed by atoms with van der Waals surface area (Å²) in [6.07, 6.45) is 5.55. The molecule has 0 aromatic carbocycles. The van der Waals surface area contributed by atoms with E-state index in [4.69, 9.17) is 5.11 Å². The maximum absolute atomic E-state index is 9.08. The average Bonchev–Trinajstić information content (AvgIpc) is 1.89. The Kier molecular flexibility index (Phi) is 13.0. The van der Waals surface area contributed by atoms with Crippen LogP contribution in [-0.2, 0) is 0 Å². The molecular weight excluding hydrogens is 136 g/mol. The van der Waals surface area contributed by atoms with Gasteiger partial charge in [-0.05, 0) is 12.8 Å². The van der Waals surface area contributed by atoms with Gasteiger partial charge in [0.2, 0.25) is 0 Å². The molecule has 0 aliphatic heterocycles. The van der Waals surface area contributed by atoms with Crippen LogP contribution < -0.4 is 0 Å². The van der Waals surface area contributed by atoms with Gasteiger partial charge in [0.25, 0.3) is 0 Å². The molecule has 0 fully saturated rings. The van der Waals surface area contributed by atoms with Crippen LogP contribution in [0.5, 0.6) is 0 Å². The number of rotatable bonds is 5. The molecule has 1 N–H and O–H groups in total. The summed E-state index contributed by atoms with van der Waals surface area (Å²) in [5, 5.41) is 9.08. The van der Waals surface area contributed by atoms with Crippen molar-refractivity contribution < 1.29 is 7.96 Å². The van der Waals surface area contributed by atoms with Crippen LogP contribution in [0.15, 0.2) is 0 Å². The van der Waals surface area contributed by atoms with Crippen molar-refractivity contribution in [2.75, 3.05) is 0 Å². The molecule has 0 saturated heterocycles. The molecule has 0 saturated carbocycles. The number of hydrogen-bond donors (Lipinski definition) is 1. The van der Waals surface area contributed by atoms with E-state index < -0.39 is 0 Å². The van der Waals surface area contributed by atoms with Crippen molar-refractivity contribution in [2.24, 2.45) is 0 Å². The van der Waals surface area contributed by atoms with Gasteiger partial charge in [-0.3, -0.25) is 0 Å². The Morgan fingerprint density at radius 2 is 1.90 bits per heavy atom. The molecule has 1 nitrogen and oxygen atoms in total. The van der Waals surface area contributed by atoms with Crippen molar-refractivity contribution in [3.05, 3.63) is 0 Å². The van der Waals surface area contributed by atoms with E-state index in [-0.39, 0.29) is 32.0 Å². The summed E-state index contributed by atoms with van der Waals surface area (Å²) in [5.74, 6) is 0. The van der Waals surface area contributed by atoms with E-state index in [9.17, 15) is 0 Å². The van der Waals surface area contributed by atoms with Crippen molar-refractivity contribution in [3.8, 4) is 0 Å². The zero-order valence-electron chi connectivity index (χ0n) is 9.27. The Balaban J connectivity index is -0.000000107. The van der Waals surface area contributed by atoms with Crippen LogP contribution in [-0.4, -0.2) is 34.3 Å². The molecule has 0 aromatic heterocycles. The van der Waals surface area contributed by atoms with Crippen LogP contribution in [0.2, 0.25) is 0 Å². The molecule has 0 aromatic rings. The molecular formula is C8H20MgO. The number of hydrogen-bond acceptors (Lipinski definition) is 1. The van der Waals surface area contributed by atoms with Crippen LogP contribution in [0.25, 0.3) is 0 Å². The van der Waals surface area contributed by atoms with E-state index in [1.807, 2.05) is 6.92 Å². The van der Waals surface area contributed by atoms with Crippen molar-refractivity contribution in [1.29, 1.82) is 0 Å². The van der Waals surface area contributed by atoms with Crippen molar-refractivity contribution in [1.82, 2.24) is 0 Å². The molecule has 2 heteroatoms. The third-order valence-corrected chi connectivity index (χ3v) is 1.61. The quantitative estimate of drug-likeness (QED) is 0.478. The first-order valence-corrected chi connectivity index (χ1v) is 3.99. The molecule has 1 unspecified atom stereocenters. The van der Waals surface area contributed by atoms with Gasteiger partial charge in [-0.25, -0.2) is 0 Å². The third kappa shape index (κ3) is 8.73. The predicted molar refractivity (Wildman–Crippen MR) is 48.4 cm³/mol. The zero-order valence-corrected chi connectivity index (χ0v) is 8.68. The monoisotopic (exact) mass is 156 g/mol. The summed E-state index contributed by atoms with van der Waals surface area (Å²) >= 11 is 0. The fraction of sp³-hybridized carbons (Fsp3) is 1.00. The largest absolute Gasteiger partial charge is 2.00 e. The smallest absolute Gasteiger partial charge is 1.00 e. The molecule has 0 bridgehead atoms. The van der Waals surface area contributed by atoms with E-state index in [0.717, 1.165) is 12.8 Å². The Bertz CT molecular complexity index is 65.0. The van der Waals surface area contributed by atoms with Crippen LogP contribution in [0.4, 0.5) is 0 Å². The molecule has 0 aliphatic carbocycles. The minimum Gasteiger partial charge on any atom is -1.00 e. The summed E-state index contributed by atoms with van der Waals surface area (Å²) < 4.78 is 0. The van der Waals surface area contributed by atoms with Gasteiger partial charge in [-0.15, -0.1) is 0 Å². The van der Waals surface area contributed by atoms with Crippen LogP contribution in [0.1, 0.15) is 48.8 Å². The summed E-state index contributed by atoms with van der Waals surface area (Å²) in [6.45, 7) is 4.20. The number of aliphatic hydroxyl groups is 1. The molecule has 60 valence electrons. The van der Waals surface area contributed by atoms with Gasteiger partial charge >= 0.3 is 23.1 Å². The normalized spacial score (nSPS) is 12.3. The Morgan fingerprint density at radius 3 is 2.30 bits per heavy atom. The van der Waals surface area contributed by atoms with Gasteiger partial charge in [0, 0.05) is 0 Å². The van der Waals surface area contributed by atoms with E-state index in [1.54, 1.807) is 0 Å². The zero-order chi connectivity index (χ0) is 7.11. The first-order valence-electron chi connectivity index (χ1n) is 3.99. The van der Waals surface area contributed by atoms with Crippen LogP contribution in [0.3, 0.4) is 0 Å². The maximum atomic E-state index is 9.08. The van der Waals surface area contributed by atoms with Gasteiger partial charge in [0.1, 0.15) is 0 Å². The minimum atomic E-state index is -0.0449. The Hall–Kier alpha value is 0.726. The van der Waals surface area contributed by atoms with Gasteiger partial charge in [0.15, 0.2) is 0 Å². The summed E-state index contributed by atoms with van der Waals surface area (Å²) in [4.78, 5) is 0.